The molecule has 0 spiro atoms. The number of hydrogen-bond donors (Lipinski definition) is 1. The average molecular weight is 420 g/mol. The number of amides is 2. The van der Waals surface area contributed by atoms with Crippen molar-refractivity contribution < 1.29 is 18.7 Å². The molecular weight excluding hydrogens is 396 g/mol. The fourth-order valence-corrected chi connectivity index (χ4v) is 3.82. The molecule has 160 valence electrons. The molecule has 0 unspecified atom stereocenters. The summed E-state index contributed by atoms with van der Waals surface area (Å²) < 4.78 is 10.6. The van der Waals surface area contributed by atoms with Crippen molar-refractivity contribution in [2.24, 2.45) is 5.92 Å². The highest BCUT2D eigenvalue weighted by molar-refractivity contribution is 6.05. The van der Waals surface area contributed by atoms with Crippen LogP contribution in [0.3, 0.4) is 0 Å². The maximum atomic E-state index is 12.8. The van der Waals surface area contributed by atoms with Crippen LogP contribution in [0.1, 0.15) is 35.3 Å². The van der Waals surface area contributed by atoms with E-state index in [4.69, 9.17) is 9.15 Å². The Morgan fingerprint density at radius 1 is 1.13 bits per heavy atom. The van der Waals surface area contributed by atoms with Gasteiger partial charge in [-0.05, 0) is 41.8 Å². The van der Waals surface area contributed by atoms with E-state index in [-0.39, 0.29) is 17.4 Å². The molecule has 31 heavy (non-hydrogen) atoms. The first kappa shape index (κ1) is 20.7. The van der Waals surface area contributed by atoms with Crippen molar-refractivity contribution in [3.8, 4) is 5.75 Å². The molecular formula is C24H24N2O5. The van der Waals surface area contributed by atoms with Crippen molar-refractivity contribution in [2.45, 2.75) is 26.8 Å². The van der Waals surface area contributed by atoms with Crippen LogP contribution in [0.15, 0.2) is 51.7 Å². The van der Waals surface area contributed by atoms with Gasteiger partial charge in [-0.3, -0.25) is 9.59 Å². The molecule has 1 aromatic heterocycles. The van der Waals surface area contributed by atoms with Crippen molar-refractivity contribution in [3.05, 3.63) is 69.6 Å². The highest BCUT2D eigenvalue weighted by atomic mass is 16.5. The lowest BCUT2D eigenvalue weighted by molar-refractivity contribution is -0.135. The number of carbonyl (C=O) groups excluding carboxylic acids is 2. The Bertz CT molecular complexity index is 1230. The van der Waals surface area contributed by atoms with Crippen LogP contribution in [-0.4, -0.2) is 30.4 Å². The van der Waals surface area contributed by atoms with Gasteiger partial charge in [0.1, 0.15) is 5.56 Å². The third-order valence-corrected chi connectivity index (χ3v) is 5.47. The smallest absolute Gasteiger partial charge is 0.349 e. The number of nitrogens with one attached hydrogen (secondary N) is 1. The molecule has 2 amide bonds. The Balaban J connectivity index is 1.59. The van der Waals surface area contributed by atoms with Crippen LogP contribution in [-0.2, 0) is 17.8 Å². The number of para-hydroxylation sites is 1. The number of nitrogens with zero attached hydrogens (tertiary/aromatic N) is 1. The quantitative estimate of drug-likeness (QED) is 0.652. The van der Waals surface area contributed by atoms with Gasteiger partial charge in [-0.25, -0.2) is 4.79 Å². The van der Waals surface area contributed by atoms with Gasteiger partial charge in [-0.1, -0.05) is 32.0 Å². The van der Waals surface area contributed by atoms with Gasteiger partial charge in [0.2, 0.25) is 5.91 Å². The summed E-state index contributed by atoms with van der Waals surface area (Å²) in [4.78, 5) is 39.4. The van der Waals surface area contributed by atoms with Gasteiger partial charge in [0.15, 0.2) is 11.3 Å². The summed E-state index contributed by atoms with van der Waals surface area (Å²) in [5, 5.41) is 3.37. The minimum absolute atomic E-state index is 0.0600. The van der Waals surface area contributed by atoms with E-state index in [9.17, 15) is 14.4 Å². The van der Waals surface area contributed by atoms with Gasteiger partial charge in [0.25, 0.3) is 5.91 Å². The van der Waals surface area contributed by atoms with Gasteiger partial charge in [0.05, 0.1) is 7.11 Å². The van der Waals surface area contributed by atoms with Crippen LogP contribution >= 0.6 is 0 Å². The number of methoxy groups -OCH3 is 1. The van der Waals surface area contributed by atoms with Crippen LogP contribution in [0.4, 0.5) is 5.69 Å². The predicted octanol–water partition coefficient (Wildman–Crippen LogP) is 3.59. The van der Waals surface area contributed by atoms with Gasteiger partial charge in [-0.2, -0.15) is 0 Å². The molecule has 2 aromatic carbocycles. The number of rotatable bonds is 4. The van der Waals surface area contributed by atoms with E-state index in [0.717, 1.165) is 17.5 Å². The topological polar surface area (TPSA) is 88.9 Å². The molecule has 7 nitrogen and oxygen atoms in total. The lowest BCUT2D eigenvalue weighted by Gasteiger charge is -2.30. The summed E-state index contributed by atoms with van der Waals surface area (Å²) in [5.74, 6) is -0.0689. The number of carbonyl (C=O) groups is 2. The van der Waals surface area contributed by atoms with E-state index in [0.29, 0.717) is 35.5 Å². The van der Waals surface area contributed by atoms with Crippen molar-refractivity contribution >= 4 is 28.5 Å². The van der Waals surface area contributed by atoms with E-state index < -0.39 is 11.5 Å². The lowest BCUT2D eigenvalue weighted by Crippen LogP contribution is -2.38. The third-order valence-electron chi connectivity index (χ3n) is 5.47. The Hall–Kier alpha value is -3.61. The molecule has 0 atom stereocenters. The first-order valence-electron chi connectivity index (χ1n) is 10.2. The lowest BCUT2D eigenvalue weighted by atomic mass is 9.98. The summed E-state index contributed by atoms with van der Waals surface area (Å²) in [6.45, 7) is 4.98. The molecule has 3 aromatic rings. The molecule has 1 N–H and O–H groups in total. The third kappa shape index (κ3) is 4.03. The Morgan fingerprint density at radius 3 is 2.68 bits per heavy atom. The van der Waals surface area contributed by atoms with Crippen molar-refractivity contribution in [1.29, 1.82) is 0 Å². The second kappa shape index (κ2) is 8.26. The monoisotopic (exact) mass is 420 g/mol. The maximum Gasteiger partial charge on any atom is 0.349 e. The van der Waals surface area contributed by atoms with Crippen LogP contribution in [0.5, 0.6) is 5.75 Å². The van der Waals surface area contributed by atoms with E-state index in [1.165, 1.54) is 13.2 Å². The van der Waals surface area contributed by atoms with E-state index in [2.05, 4.69) is 5.32 Å². The highest BCUT2D eigenvalue weighted by Crippen LogP contribution is 2.26. The minimum Gasteiger partial charge on any atom is -0.493 e. The van der Waals surface area contributed by atoms with Crippen LogP contribution in [0.2, 0.25) is 0 Å². The summed E-state index contributed by atoms with van der Waals surface area (Å²) in [7, 11) is 1.49. The van der Waals surface area contributed by atoms with Crippen molar-refractivity contribution in [3.63, 3.8) is 0 Å². The zero-order valence-corrected chi connectivity index (χ0v) is 17.7. The highest BCUT2D eigenvalue weighted by Gasteiger charge is 2.23. The van der Waals surface area contributed by atoms with Gasteiger partial charge in [-0.15, -0.1) is 0 Å². The Kier molecular flexibility index (Phi) is 5.50. The van der Waals surface area contributed by atoms with Crippen molar-refractivity contribution in [1.82, 2.24) is 4.90 Å². The van der Waals surface area contributed by atoms with Gasteiger partial charge >= 0.3 is 5.63 Å². The molecule has 1 aliphatic rings. The molecule has 0 fully saturated rings. The van der Waals surface area contributed by atoms with E-state index in [1.54, 1.807) is 18.2 Å². The SMILES string of the molecule is COc1cccc2cc(C(=O)Nc3ccc4c(c3)CN(C(=O)C(C)C)CC4)c(=O)oc12. The second-order valence-corrected chi connectivity index (χ2v) is 7.93. The molecule has 0 saturated heterocycles. The standard InChI is InChI=1S/C24H24N2O5/c1-14(2)23(28)26-10-9-15-7-8-18(11-17(15)13-26)25-22(27)19-12-16-5-4-6-20(30-3)21(16)31-24(19)29/h4-8,11-12,14H,9-10,13H2,1-3H3,(H,25,27). The number of hydrogen-bond acceptors (Lipinski definition) is 5. The molecule has 7 heteroatoms. The van der Waals surface area contributed by atoms with E-state index >= 15 is 0 Å². The maximum absolute atomic E-state index is 12.8. The zero-order valence-electron chi connectivity index (χ0n) is 17.7. The van der Waals surface area contributed by atoms with Gasteiger partial charge < -0.3 is 19.4 Å². The molecule has 2 heterocycles. The fourth-order valence-electron chi connectivity index (χ4n) is 3.82. The molecule has 1 aliphatic heterocycles. The van der Waals surface area contributed by atoms with E-state index in [1.807, 2.05) is 36.9 Å². The fraction of sp³-hybridized carbons (Fsp3) is 0.292. The first-order chi connectivity index (χ1) is 14.9. The number of benzene rings is 2. The summed E-state index contributed by atoms with van der Waals surface area (Å²) in [5.41, 5.74) is 2.19. The van der Waals surface area contributed by atoms with Crippen LogP contribution in [0, 0.1) is 5.92 Å². The normalized spacial score (nSPS) is 13.2. The average Bonchev–Trinajstić information content (AvgIpc) is 2.77. The molecule has 0 saturated carbocycles. The minimum atomic E-state index is -0.735. The molecule has 0 aliphatic carbocycles. The largest absolute Gasteiger partial charge is 0.493 e. The number of anilines is 1. The zero-order chi connectivity index (χ0) is 22.1. The summed E-state index contributed by atoms with van der Waals surface area (Å²) in [6.07, 6.45) is 0.776. The Labute approximate surface area is 179 Å². The molecule has 0 radical (unpaired) electrons. The van der Waals surface area contributed by atoms with Gasteiger partial charge in [0, 0.05) is 30.1 Å². The predicted molar refractivity (Wildman–Crippen MR) is 117 cm³/mol. The second-order valence-electron chi connectivity index (χ2n) is 7.93. The number of fused-ring (bicyclic) bond motifs is 2. The van der Waals surface area contributed by atoms with Crippen LogP contribution in [0.25, 0.3) is 11.0 Å². The van der Waals surface area contributed by atoms with Crippen LogP contribution < -0.4 is 15.7 Å². The molecule has 0 bridgehead atoms. The summed E-state index contributed by atoms with van der Waals surface area (Å²) >= 11 is 0. The first-order valence-corrected chi connectivity index (χ1v) is 10.2. The summed E-state index contributed by atoms with van der Waals surface area (Å²) in [6, 6.07) is 12.3. The molecule has 4 rings (SSSR count). The van der Waals surface area contributed by atoms with Crippen molar-refractivity contribution in [2.75, 3.05) is 19.0 Å². The Morgan fingerprint density at radius 2 is 1.94 bits per heavy atom. The number of ether oxygens (including phenoxy) is 1.